The highest BCUT2D eigenvalue weighted by Gasteiger charge is 2.46. The van der Waals surface area contributed by atoms with Gasteiger partial charge in [0.2, 0.25) is 0 Å². The van der Waals surface area contributed by atoms with Gasteiger partial charge in [0.1, 0.15) is 18.3 Å². The summed E-state index contributed by atoms with van der Waals surface area (Å²) in [5.41, 5.74) is 0. The van der Waals surface area contributed by atoms with Crippen LogP contribution < -0.4 is 0 Å². The first-order chi connectivity index (χ1) is 5.95. The van der Waals surface area contributed by atoms with Crippen molar-refractivity contribution in [2.75, 3.05) is 0 Å². The zero-order valence-electron chi connectivity index (χ0n) is 6.94. The normalized spacial score (nSPS) is 42.7. The third-order valence-corrected chi connectivity index (χ3v) is 1.83. The lowest BCUT2D eigenvalue weighted by atomic mass is 9.99. The zero-order valence-corrected chi connectivity index (χ0v) is 6.94. The highest BCUT2D eigenvalue weighted by molar-refractivity contribution is 5.73. The standard InChI is InChI=1S/C6H10O7.C/c7-1-2(8)4(5(10)11)13-6(12)3(1)9;/h1-4,6-9,12H,(H,10,11);/t1-,2-,3+,4-,6+;/m0./s1. The van der Waals surface area contributed by atoms with Crippen molar-refractivity contribution in [1.82, 2.24) is 0 Å². The van der Waals surface area contributed by atoms with Crippen molar-refractivity contribution in [2.45, 2.75) is 30.7 Å². The fraction of sp³-hybridized carbons (Fsp3) is 0.714. The van der Waals surface area contributed by atoms with E-state index in [1.165, 1.54) is 0 Å². The Morgan fingerprint density at radius 3 is 1.93 bits per heavy atom. The Morgan fingerprint density at radius 1 is 1.00 bits per heavy atom. The van der Waals surface area contributed by atoms with Crippen LogP contribution in [0, 0.1) is 7.43 Å². The van der Waals surface area contributed by atoms with Gasteiger partial charge in [-0.15, -0.1) is 0 Å². The molecule has 0 unspecified atom stereocenters. The topological polar surface area (TPSA) is 127 Å². The van der Waals surface area contributed by atoms with Crippen LogP contribution in [0.15, 0.2) is 0 Å². The Balaban J connectivity index is 0.00000169. The van der Waals surface area contributed by atoms with Crippen LogP contribution in [0.5, 0.6) is 0 Å². The summed E-state index contributed by atoms with van der Waals surface area (Å²) in [6, 6.07) is 0. The number of carbonyl (C=O) groups is 1. The number of carboxylic acids is 1. The highest BCUT2D eigenvalue weighted by atomic mass is 16.6. The summed E-state index contributed by atoms with van der Waals surface area (Å²) in [6.45, 7) is 0. The molecule has 0 aromatic rings. The van der Waals surface area contributed by atoms with Gasteiger partial charge in [0.25, 0.3) is 0 Å². The molecule has 0 aromatic heterocycles. The summed E-state index contributed by atoms with van der Waals surface area (Å²) >= 11 is 0. The van der Waals surface area contributed by atoms with Crippen LogP contribution in [0.2, 0.25) is 0 Å². The average Bonchev–Trinajstić information content (AvgIpc) is 2.07. The van der Waals surface area contributed by atoms with E-state index in [9.17, 15) is 4.79 Å². The van der Waals surface area contributed by atoms with Crippen LogP contribution in [0.25, 0.3) is 0 Å². The summed E-state index contributed by atoms with van der Waals surface area (Å²) in [5.74, 6) is -1.52. The van der Waals surface area contributed by atoms with Crippen LogP contribution >= 0.6 is 0 Å². The summed E-state index contributed by atoms with van der Waals surface area (Å²) in [6.07, 6.45) is -8.72. The molecule has 0 amide bonds. The molecule has 1 aliphatic heterocycles. The number of aliphatic hydroxyl groups excluding tert-OH is 4. The van der Waals surface area contributed by atoms with Gasteiger partial charge in [0.05, 0.1) is 0 Å². The first kappa shape index (κ1) is 13.3. The molecule has 0 bridgehead atoms. The molecule has 5 atom stereocenters. The summed E-state index contributed by atoms with van der Waals surface area (Å²) in [7, 11) is 0. The molecule has 1 rings (SSSR count). The Hall–Kier alpha value is -0.730. The molecule has 1 saturated heterocycles. The largest absolute Gasteiger partial charge is 0.479 e. The highest BCUT2D eigenvalue weighted by Crippen LogP contribution is 2.19. The van der Waals surface area contributed by atoms with Gasteiger partial charge in [-0.25, -0.2) is 4.79 Å². The molecular weight excluding hydrogens is 196 g/mol. The molecule has 1 aliphatic rings. The summed E-state index contributed by atoms with van der Waals surface area (Å²) in [5, 5.41) is 44.4. The van der Waals surface area contributed by atoms with E-state index in [1.807, 2.05) is 0 Å². The monoisotopic (exact) mass is 206 g/mol. The van der Waals surface area contributed by atoms with Gasteiger partial charge >= 0.3 is 5.97 Å². The van der Waals surface area contributed by atoms with Crippen LogP contribution in [-0.2, 0) is 9.53 Å². The van der Waals surface area contributed by atoms with E-state index in [-0.39, 0.29) is 7.43 Å². The second-order valence-electron chi connectivity index (χ2n) is 2.76. The van der Waals surface area contributed by atoms with E-state index in [1.54, 1.807) is 0 Å². The zero-order chi connectivity index (χ0) is 10.2. The van der Waals surface area contributed by atoms with E-state index in [0.29, 0.717) is 0 Å². The van der Waals surface area contributed by atoms with Crippen LogP contribution in [0.1, 0.15) is 0 Å². The summed E-state index contributed by atoms with van der Waals surface area (Å²) in [4.78, 5) is 10.4. The van der Waals surface area contributed by atoms with Crippen molar-refractivity contribution in [3.8, 4) is 0 Å². The van der Waals surface area contributed by atoms with E-state index in [2.05, 4.69) is 4.74 Å². The molecule has 7 nitrogen and oxygen atoms in total. The third-order valence-electron chi connectivity index (χ3n) is 1.83. The first-order valence-corrected chi connectivity index (χ1v) is 3.55. The molecule has 0 aliphatic carbocycles. The fourth-order valence-electron chi connectivity index (χ4n) is 1.07. The number of aliphatic carboxylic acids is 1. The maximum Gasteiger partial charge on any atom is 0.335 e. The molecule has 14 heavy (non-hydrogen) atoms. The van der Waals surface area contributed by atoms with E-state index < -0.39 is 36.7 Å². The molecule has 4 radical (unpaired) electrons. The number of hydrogen-bond donors (Lipinski definition) is 5. The molecule has 1 fully saturated rings. The predicted molar refractivity (Wildman–Crippen MR) is 39.8 cm³/mol. The number of carboxylic acid groups (broad SMARTS) is 1. The van der Waals surface area contributed by atoms with E-state index in [0.717, 1.165) is 0 Å². The minimum absolute atomic E-state index is 0. The Labute approximate surface area is 80.2 Å². The second kappa shape index (κ2) is 4.67. The number of ether oxygens (including phenoxy) is 1. The molecule has 5 N–H and O–H groups in total. The van der Waals surface area contributed by atoms with E-state index in [4.69, 9.17) is 25.5 Å². The van der Waals surface area contributed by atoms with Crippen molar-refractivity contribution < 1.29 is 35.1 Å². The molecule has 7 heteroatoms. The number of aliphatic hydroxyl groups is 4. The van der Waals surface area contributed by atoms with Gasteiger partial charge in [-0.3, -0.25) is 0 Å². The SMILES string of the molecule is O=C(O)[C@H]1O[C@@H](O)[C@H](O)[C@@H](O)[C@@H]1O.[C]. The predicted octanol–water partition coefficient (Wildman–Crippen LogP) is -3.05. The second-order valence-corrected chi connectivity index (χ2v) is 2.76. The Bertz CT molecular complexity index is 206. The van der Waals surface area contributed by atoms with Crippen LogP contribution in [0.4, 0.5) is 0 Å². The third kappa shape index (κ3) is 2.20. The number of rotatable bonds is 1. The van der Waals surface area contributed by atoms with Crippen LogP contribution in [0.3, 0.4) is 0 Å². The maximum atomic E-state index is 10.4. The smallest absolute Gasteiger partial charge is 0.335 e. The van der Waals surface area contributed by atoms with Gasteiger partial charge in [0, 0.05) is 7.43 Å². The minimum atomic E-state index is -1.81. The fourth-order valence-corrected chi connectivity index (χ4v) is 1.07. The minimum Gasteiger partial charge on any atom is -0.479 e. The number of hydrogen-bond acceptors (Lipinski definition) is 6. The maximum absolute atomic E-state index is 10.4. The van der Waals surface area contributed by atoms with Gasteiger partial charge < -0.3 is 30.3 Å². The molecule has 80 valence electrons. The molecule has 1 heterocycles. The summed E-state index contributed by atoms with van der Waals surface area (Å²) < 4.78 is 4.34. The lowest BCUT2D eigenvalue weighted by Gasteiger charge is -2.36. The van der Waals surface area contributed by atoms with Gasteiger partial charge in [-0.2, -0.15) is 0 Å². The van der Waals surface area contributed by atoms with Crippen molar-refractivity contribution in [2.24, 2.45) is 0 Å². The lowest BCUT2D eigenvalue weighted by Crippen LogP contribution is -2.59. The Kier molecular flexibility index (Phi) is 4.43. The van der Waals surface area contributed by atoms with Crippen molar-refractivity contribution in [1.29, 1.82) is 0 Å². The molecular formula is C7H10O7. The van der Waals surface area contributed by atoms with Gasteiger partial charge in [-0.05, 0) is 0 Å². The molecule has 0 saturated carbocycles. The molecule has 0 aromatic carbocycles. The Morgan fingerprint density at radius 2 is 1.50 bits per heavy atom. The average molecular weight is 206 g/mol. The van der Waals surface area contributed by atoms with Crippen molar-refractivity contribution in [3.63, 3.8) is 0 Å². The lowest BCUT2D eigenvalue weighted by molar-refractivity contribution is -0.279. The quantitative estimate of drug-likeness (QED) is 0.308. The van der Waals surface area contributed by atoms with Crippen molar-refractivity contribution >= 4 is 5.97 Å². The van der Waals surface area contributed by atoms with Crippen LogP contribution in [-0.4, -0.2) is 62.2 Å². The first-order valence-electron chi connectivity index (χ1n) is 3.55. The van der Waals surface area contributed by atoms with Crippen molar-refractivity contribution in [3.05, 3.63) is 7.43 Å². The molecule has 0 spiro atoms. The van der Waals surface area contributed by atoms with E-state index >= 15 is 0 Å². The van der Waals surface area contributed by atoms with Gasteiger partial charge in [0.15, 0.2) is 12.4 Å². The van der Waals surface area contributed by atoms with Gasteiger partial charge in [-0.1, -0.05) is 0 Å².